The molecule has 0 spiro atoms. The minimum Gasteiger partial charge on any atom is -0.480 e. The van der Waals surface area contributed by atoms with Gasteiger partial charge in [0.05, 0.1) is 0 Å². The number of carboxylic acids is 1. The van der Waals surface area contributed by atoms with E-state index in [0.717, 1.165) is 38.8 Å². The van der Waals surface area contributed by atoms with Crippen LogP contribution in [0.3, 0.4) is 0 Å². The second-order valence-corrected chi connectivity index (χ2v) is 6.19. The minimum absolute atomic E-state index is 0.0876. The van der Waals surface area contributed by atoms with E-state index >= 15 is 0 Å². The van der Waals surface area contributed by atoms with Crippen molar-refractivity contribution in [1.29, 1.82) is 0 Å². The maximum Gasteiger partial charge on any atom is 0.323 e. The van der Waals surface area contributed by atoms with Crippen LogP contribution < -0.4 is 0 Å². The van der Waals surface area contributed by atoms with Gasteiger partial charge in [-0.15, -0.1) is 0 Å². The summed E-state index contributed by atoms with van der Waals surface area (Å²) in [6, 6.07) is 0.0685. The van der Waals surface area contributed by atoms with Crippen LogP contribution in [0.4, 0.5) is 4.79 Å². The largest absolute Gasteiger partial charge is 0.480 e. The van der Waals surface area contributed by atoms with Gasteiger partial charge in [-0.25, -0.2) is 4.79 Å². The van der Waals surface area contributed by atoms with Gasteiger partial charge in [0.2, 0.25) is 0 Å². The lowest BCUT2D eigenvalue weighted by atomic mass is 9.83. The maximum atomic E-state index is 12.3. The molecule has 1 saturated carbocycles. The van der Waals surface area contributed by atoms with Crippen molar-refractivity contribution in [2.45, 2.75) is 45.6 Å². The Morgan fingerprint density at radius 2 is 1.83 bits per heavy atom. The summed E-state index contributed by atoms with van der Waals surface area (Å²) in [4.78, 5) is 26.5. The summed E-state index contributed by atoms with van der Waals surface area (Å²) in [5.41, 5.74) is 0.300. The third kappa shape index (κ3) is 3.15. The van der Waals surface area contributed by atoms with Gasteiger partial charge in [-0.3, -0.25) is 4.79 Å². The van der Waals surface area contributed by atoms with Crippen LogP contribution in [0.5, 0.6) is 0 Å². The number of carbonyl (C=O) groups excluding carboxylic acids is 1. The summed E-state index contributed by atoms with van der Waals surface area (Å²) < 4.78 is 0. The highest BCUT2D eigenvalue weighted by Crippen LogP contribution is 2.32. The van der Waals surface area contributed by atoms with Crippen LogP contribution in [0.25, 0.3) is 0 Å². The van der Waals surface area contributed by atoms with Gasteiger partial charge in [0.15, 0.2) is 0 Å². The molecule has 102 valence electrons. The molecule has 0 aromatic heterocycles. The molecular formula is C13H22N2O3. The molecule has 2 rings (SSSR count). The summed E-state index contributed by atoms with van der Waals surface area (Å²) >= 11 is 0. The van der Waals surface area contributed by atoms with E-state index in [2.05, 4.69) is 13.8 Å². The average Bonchev–Trinajstić information content (AvgIpc) is 3.08. The van der Waals surface area contributed by atoms with Crippen LogP contribution in [-0.4, -0.2) is 52.6 Å². The van der Waals surface area contributed by atoms with E-state index in [1.807, 2.05) is 4.90 Å². The van der Waals surface area contributed by atoms with E-state index < -0.39 is 5.97 Å². The van der Waals surface area contributed by atoms with Crippen molar-refractivity contribution >= 4 is 12.0 Å². The van der Waals surface area contributed by atoms with E-state index in [4.69, 9.17) is 5.11 Å². The van der Waals surface area contributed by atoms with Gasteiger partial charge >= 0.3 is 12.0 Å². The van der Waals surface area contributed by atoms with Gasteiger partial charge in [-0.05, 0) is 31.1 Å². The lowest BCUT2D eigenvalue weighted by Crippen LogP contribution is -2.50. The zero-order valence-electron chi connectivity index (χ0n) is 11.2. The molecule has 0 bridgehead atoms. The van der Waals surface area contributed by atoms with Crippen molar-refractivity contribution in [3.63, 3.8) is 0 Å². The molecule has 0 aromatic rings. The van der Waals surface area contributed by atoms with Crippen molar-refractivity contribution < 1.29 is 14.7 Å². The number of nitrogens with zero attached hydrogens (tertiary/aromatic N) is 2. The summed E-state index contributed by atoms with van der Waals surface area (Å²) in [6.45, 7) is 5.75. The van der Waals surface area contributed by atoms with Gasteiger partial charge in [-0.2, -0.15) is 0 Å². The minimum atomic E-state index is -0.924. The standard InChI is InChI=1S/C13H22N2O3/c1-13(2)5-7-14(8-6-13)12(18)15(9-11(16)17)10-3-4-10/h10H,3-9H2,1-2H3,(H,16,17). The van der Waals surface area contributed by atoms with Crippen LogP contribution in [0.15, 0.2) is 0 Å². The molecule has 2 fully saturated rings. The summed E-state index contributed by atoms with van der Waals surface area (Å²) in [5, 5.41) is 8.88. The number of carbonyl (C=O) groups is 2. The van der Waals surface area contributed by atoms with Gasteiger partial charge in [-0.1, -0.05) is 13.8 Å². The Kier molecular flexibility index (Phi) is 3.50. The van der Waals surface area contributed by atoms with E-state index in [1.165, 1.54) is 4.90 Å². The topological polar surface area (TPSA) is 60.9 Å². The number of hydrogen-bond donors (Lipinski definition) is 1. The first-order valence-electron chi connectivity index (χ1n) is 6.66. The highest BCUT2D eigenvalue weighted by molar-refractivity contribution is 5.80. The number of amides is 2. The van der Waals surface area contributed by atoms with Gasteiger partial charge in [0.1, 0.15) is 6.54 Å². The third-order valence-electron chi connectivity index (χ3n) is 3.93. The fourth-order valence-corrected chi connectivity index (χ4v) is 2.37. The number of hydrogen-bond acceptors (Lipinski definition) is 2. The van der Waals surface area contributed by atoms with Gasteiger partial charge < -0.3 is 14.9 Å². The highest BCUT2D eigenvalue weighted by atomic mass is 16.4. The molecule has 0 unspecified atom stereocenters. The van der Waals surface area contributed by atoms with Crippen LogP contribution in [-0.2, 0) is 4.79 Å². The Labute approximate surface area is 108 Å². The molecule has 1 aliphatic heterocycles. The molecule has 1 saturated heterocycles. The molecule has 0 radical (unpaired) electrons. The van der Waals surface area contributed by atoms with E-state index in [1.54, 1.807) is 0 Å². The molecule has 5 nitrogen and oxygen atoms in total. The Balaban J connectivity index is 1.94. The first-order valence-corrected chi connectivity index (χ1v) is 6.66. The van der Waals surface area contributed by atoms with Crippen LogP contribution in [0.1, 0.15) is 39.5 Å². The lowest BCUT2D eigenvalue weighted by Gasteiger charge is -2.39. The molecule has 2 aliphatic rings. The fourth-order valence-electron chi connectivity index (χ4n) is 2.37. The quantitative estimate of drug-likeness (QED) is 0.835. The second kappa shape index (κ2) is 4.78. The first-order chi connectivity index (χ1) is 8.39. The zero-order chi connectivity index (χ0) is 13.3. The number of rotatable bonds is 3. The number of piperidine rings is 1. The third-order valence-corrected chi connectivity index (χ3v) is 3.93. The number of aliphatic carboxylic acids is 1. The molecule has 1 heterocycles. The Morgan fingerprint density at radius 1 is 1.28 bits per heavy atom. The molecule has 0 atom stereocenters. The van der Waals surface area contributed by atoms with Crippen LogP contribution in [0, 0.1) is 5.41 Å². The number of likely N-dealkylation sites (tertiary alicyclic amines) is 1. The van der Waals surface area contributed by atoms with Crippen molar-refractivity contribution in [3.05, 3.63) is 0 Å². The lowest BCUT2D eigenvalue weighted by molar-refractivity contribution is -0.137. The molecule has 1 N–H and O–H groups in total. The predicted octanol–water partition coefficient (Wildman–Crippen LogP) is 1.78. The van der Waals surface area contributed by atoms with E-state index in [9.17, 15) is 9.59 Å². The van der Waals surface area contributed by atoms with E-state index in [0.29, 0.717) is 5.41 Å². The van der Waals surface area contributed by atoms with Crippen molar-refractivity contribution in [2.24, 2.45) is 5.41 Å². The van der Waals surface area contributed by atoms with Crippen molar-refractivity contribution in [3.8, 4) is 0 Å². The van der Waals surface area contributed by atoms with E-state index in [-0.39, 0.29) is 18.6 Å². The van der Waals surface area contributed by atoms with Gasteiger partial charge in [0.25, 0.3) is 0 Å². The molecule has 5 heteroatoms. The summed E-state index contributed by atoms with van der Waals surface area (Å²) in [6.07, 6.45) is 3.87. The zero-order valence-corrected chi connectivity index (χ0v) is 11.2. The average molecular weight is 254 g/mol. The summed E-state index contributed by atoms with van der Waals surface area (Å²) in [5.74, 6) is -0.924. The maximum absolute atomic E-state index is 12.3. The highest BCUT2D eigenvalue weighted by Gasteiger charge is 2.37. The fraction of sp³-hybridized carbons (Fsp3) is 0.846. The Morgan fingerprint density at radius 3 is 2.28 bits per heavy atom. The SMILES string of the molecule is CC1(C)CCN(C(=O)N(CC(=O)O)C2CC2)CC1. The molecule has 1 aliphatic carbocycles. The van der Waals surface area contributed by atoms with Crippen molar-refractivity contribution in [1.82, 2.24) is 9.80 Å². The molecule has 0 aromatic carbocycles. The summed E-state index contributed by atoms with van der Waals surface area (Å²) in [7, 11) is 0. The predicted molar refractivity (Wildman–Crippen MR) is 67.3 cm³/mol. The molecule has 2 amide bonds. The Hall–Kier alpha value is -1.26. The van der Waals surface area contributed by atoms with Crippen LogP contribution in [0.2, 0.25) is 0 Å². The first kappa shape index (κ1) is 13.2. The molecular weight excluding hydrogens is 232 g/mol. The normalized spacial score (nSPS) is 22.7. The van der Waals surface area contributed by atoms with Gasteiger partial charge in [0, 0.05) is 19.1 Å². The monoisotopic (exact) mass is 254 g/mol. The van der Waals surface area contributed by atoms with Crippen LogP contribution >= 0.6 is 0 Å². The molecule has 18 heavy (non-hydrogen) atoms. The smallest absolute Gasteiger partial charge is 0.323 e. The number of urea groups is 1. The number of carboxylic acid groups (broad SMARTS) is 1. The Bertz CT molecular complexity index is 340. The second-order valence-electron chi connectivity index (χ2n) is 6.19. The van der Waals surface area contributed by atoms with Crippen molar-refractivity contribution in [2.75, 3.05) is 19.6 Å².